The van der Waals surface area contributed by atoms with Crippen molar-refractivity contribution in [1.29, 1.82) is 0 Å². The number of ether oxygens (including phenoxy) is 1. The molecule has 2 aliphatic rings. The lowest BCUT2D eigenvalue weighted by Crippen LogP contribution is -2.37. The van der Waals surface area contributed by atoms with Crippen molar-refractivity contribution in [2.24, 2.45) is 0 Å². The molecule has 2 aromatic rings. The van der Waals surface area contributed by atoms with E-state index in [2.05, 4.69) is 0 Å². The molecule has 1 saturated heterocycles. The van der Waals surface area contributed by atoms with E-state index in [0.717, 1.165) is 32.1 Å². The molecule has 1 unspecified atom stereocenters. The van der Waals surface area contributed by atoms with Crippen molar-refractivity contribution in [2.45, 2.75) is 51.1 Å². The molecule has 2 N–H and O–H groups in total. The van der Waals surface area contributed by atoms with E-state index in [9.17, 15) is 19.8 Å². The summed E-state index contributed by atoms with van der Waals surface area (Å²) in [7, 11) is 0. The summed E-state index contributed by atoms with van der Waals surface area (Å²) in [5.41, 5.74) is 1.20. The topological polar surface area (TPSA) is 87.1 Å². The number of carbonyl (C=O) groups is 2. The highest BCUT2D eigenvalue weighted by molar-refractivity contribution is 6.46. The van der Waals surface area contributed by atoms with Gasteiger partial charge in [0.2, 0.25) is 0 Å². The first-order valence-electron chi connectivity index (χ1n) is 10.8. The maximum atomic E-state index is 13.1. The zero-order chi connectivity index (χ0) is 22.0. The van der Waals surface area contributed by atoms with Gasteiger partial charge in [0.25, 0.3) is 11.7 Å². The summed E-state index contributed by atoms with van der Waals surface area (Å²) in [5.74, 6) is -0.773. The lowest BCUT2D eigenvalue weighted by Gasteiger charge is -2.30. The zero-order valence-electron chi connectivity index (χ0n) is 17.6. The minimum Gasteiger partial charge on any atom is -0.508 e. The Morgan fingerprint density at radius 1 is 1.10 bits per heavy atom. The molecule has 2 aromatic carbocycles. The third kappa shape index (κ3) is 4.02. The molecule has 1 amide bonds. The molecule has 1 heterocycles. The molecule has 1 aliphatic carbocycles. The molecule has 1 aliphatic heterocycles. The van der Waals surface area contributed by atoms with Crippen LogP contribution in [0.15, 0.2) is 54.1 Å². The average Bonchev–Trinajstić information content (AvgIpc) is 3.39. The molecule has 0 radical (unpaired) electrons. The van der Waals surface area contributed by atoms with E-state index in [1.54, 1.807) is 41.3 Å². The molecule has 6 heteroatoms. The smallest absolute Gasteiger partial charge is 0.295 e. The molecule has 1 atom stereocenters. The summed E-state index contributed by atoms with van der Waals surface area (Å²) in [6.07, 6.45) is 4.53. The molecule has 6 nitrogen and oxygen atoms in total. The first-order valence-corrected chi connectivity index (χ1v) is 10.8. The number of hydrogen-bond acceptors (Lipinski definition) is 5. The number of nitrogens with zero attached hydrogens (tertiary/aromatic N) is 1. The first-order chi connectivity index (χ1) is 15.0. The number of phenolic OH excluding ortho intramolecular Hbond substituents is 1. The SMILES string of the molecule is CCCOc1cccc(/C(O)=C2/C(=O)C(=O)N(C3CCCC3)C2c2ccc(O)cc2)c1. The number of aliphatic hydroxyl groups excluding tert-OH is 1. The van der Waals surface area contributed by atoms with Gasteiger partial charge in [-0.15, -0.1) is 0 Å². The number of phenols is 1. The second-order valence-electron chi connectivity index (χ2n) is 8.11. The van der Waals surface area contributed by atoms with Gasteiger partial charge in [-0.1, -0.05) is 44.0 Å². The Morgan fingerprint density at radius 3 is 2.48 bits per heavy atom. The monoisotopic (exact) mass is 421 g/mol. The minimum atomic E-state index is -0.691. The number of benzene rings is 2. The number of aromatic hydroxyl groups is 1. The van der Waals surface area contributed by atoms with Crippen LogP contribution in [0.3, 0.4) is 0 Å². The van der Waals surface area contributed by atoms with Crippen molar-refractivity contribution < 1.29 is 24.5 Å². The summed E-state index contributed by atoms with van der Waals surface area (Å²) in [5, 5.41) is 20.9. The van der Waals surface area contributed by atoms with Crippen molar-refractivity contribution in [2.75, 3.05) is 6.61 Å². The molecule has 0 aromatic heterocycles. The highest BCUT2D eigenvalue weighted by Crippen LogP contribution is 2.43. The van der Waals surface area contributed by atoms with E-state index in [1.807, 2.05) is 6.92 Å². The maximum absolute atomic E-state index is 13.1. The summed E-state index contributed by atoms with van der Waals surface area (Å²) in [6, 6.07) is 12.6. The molecule has 162 valence electrons. The van der Waals surface area contributed by atoms with Gasteiger partial charge in [-0.3, -0.25) is 9.59 Å². The first kappa shape index (κ1) is 21.0. The number of rotatable bonds is 6. The van der Waals surface area contributed by atoms with E-state index < -0.39 is 17.7 Å². The lowest BCUT2D eigenvalue weighted by molar-refractivity contribution is -0.141. The Labute approximate surface area is 181 Å². The summed E-state index contributed by atoms with van der Waals surface area (Å²) >= 11 is 0. The fourth-order valence-corrected chi connectivity index (χ4v) is 4.50. The number of hydrogen-bond donors (Lipinski definition) is 2. The average molecular weight is 421 g/mol. The molecular formula is C25H27NO5. The Hall–Kier alpha value is -3.28. The number of likely N-dealkylation sites (tertiary alicyclic amines) is 1. The van der Waals surface area contributed by atoms with Crippen LogP contribution in [-0.4, -0.2) is 39.5 Å². The van der Waals surface area contributed by atoms with Gasteiger partial charge in [0.15, 0.2) is 0 Å². The van der Waals surface area contributed by atoms with E-state index >= 15 is 0 Å². The molecule has 2 fully saturated rings. The standard InChI is InChI=1S/C25H27NO5/c1-2-14-31-20-9-5-6-17(15-20)23(28)21-22(16-10-12-19(27)13-11-16)26(25(30)24(21)29)18-7-3-4-8-18/h5-6,9-13,15,18,22,27-28H,2-4,7-8,14H2,1H3/b23-21-. The molecule has 0 spiro atoms. The van der Waals surface area contributed by atoms with Crippen molar-refractivity contribution >= 4 is 17.4 Å². The van der Waals surface area contributed by atoms with Gasteiger partial charge in [0, 0.05) is 11.6 Å². The number of amides is 1. The second-order valence-corrected chi connectivity index (χ2v) is 8.11. The van der Waals surface area contributed by atoms with Crippen LogP contribution in [-0.2, 0) is 9.59 Å². The Balaban J connectivity index is 1.82. The van der Waals surface area contributed by atoms with Crippen LogP contribution >= 0.6 is 0 Å². The highest BCUT2D eigenvalue weighted by atomic mass is 16.5. The number of carbonyl (C=O) groups excluding carboxylic acids is 2. The van der Waals surface area contributed by atoms with Gasteiger partial charge in [-0.25, -0.2) is 0 Å². The summed E-state index contributed by atoms with van der Waals surface area (Å²) < 4.78 is 5.66. The largest absolute Gasteiger partial charge is 0.508 e. The number of aliphatic hydroxyl groups is 1. The maximum Gasteiger partial charge on any atom is 0.295 e. The van der Waals surface area contributed by atoms with Crippen LogP contribution < -0.4 is 4.74 Å². The summed E-state index contributed by atoms with van der Waals surface area (Å²) in [6.45, 7) is 2.55. The van der Waals surface area contributed by atoms with Crippen LogP contribution in [0.2, 0.25) is 0 Å². The van der Waals surface area contributed by atoms with Crippen LogP contribution in [0.5, 0.6) is 11.5 Å². The van der Waals surface area contributed by atoms with Gasteiger partial charge < -0.3 is 19.8 Å². The van der Waals surface area contributed by atoms with E-state index in [-0.39, 0.29) is 23.1 Å². The van der Waals surface area contributed by atoms with Crippen LogP contribution in [0, 0.1) is 0 Å². The van der Waals surface area contributed by atoms with Crippen molar-refractivity contribution in [3.63, 3.8) is 0 Å². The van der Waals surface area contributed by atoms with E-state index in [4.69, 9.17) is 4.74 Å². The van der Waals surface area contributed by atoms with Gasteiger partial charge in [0.1, 0.15) is 17.3 Å². The van der Waals surface area contributed by atoms with Crippen molar-refractivity contribution in [3.8, 4) is 11.5 Å². The Morgan fingerprint density at radius 2 is 1.81 bits per heavy atom. The minimum absolute atomic E-state index is 0.0419. The van der Waals surface area contributed by atoms with Crippen LogP contribution in [0.4, 0.5) is 0 Å². The van der Waals surface area contributed by atoms with Crippen LogP contribution in [0.1, 0.15) is 56.2 Å². The van der Waals surface area contributed by atoms with E-state index in [0.29, 0.717) is 23.5 Å². The third-order valence-electron chi connectivity index (χ3n) is 5.99. The third-order valence-corrected chi connectivity index (χ3v) is 5.99. The van der Waals surface area contributed by atoms with Crippen LogP contribution in [0.25, 0.3) is 5.76 Å². The van der Waals surface area contributed by atoms with E-state index in [1.165, 1.54) is 12.1 Å². The predicted octanol–water partition coefficient (Wildman–Crippen LogP) is 4.55. The van der Waals surface area contributed by atoms with Gasteiger partial charge in [0.05, 0.1) is 18.2 Å². The molecule has 31 heavy (non-hydrogen) atoms. The second kappa shape index (κ2) is 8.84. The fraction of sp³-hybridized carbons (Fsp3) is 0.360. The molecule has 0 bridgehead atoms. The fourth-order valence-electron chi connectivity index (χ4n) is 4.50. The normalized spacial score (nSPS) is 21.1. The molecular weight excluding hydrogens is 394 g/mol. The number of ketones is 1. The Kier molecular flexibility index (Phi) is 5.98. The summed E-state index contributed by atoms with van der Waals surface area (Å²) in [4.78, 5) is 27.8. The van der Waals surface area contributed by atoms with Crippen molar-refractivity contribution in [1.82, 2.24) is 4.90 Å². The van der Waals surface area contributed by atoms with Gasteiger partial charge >= 0.3 is 0 Å². The van der Waals surface area contributed by atoms with Gasteiger partial charge in [-0.05, 0) is 49.1 Å². The quantitative estimate of drug-likeness (QED) is 0.406. The lowest BCUT2D eigenvalue weighted by atomic mass is 9.94. The highest BCUT2D eigenvalue weighted by Gasteiger charge is 2.49. The molecule has 4 rings (SSSR count). The van der Waals surface area contributed by atoms with Crippen molar-refractivity contribution in [3.05, 3.63) is 65.2 Å². The number of Topliss-reactive ketones (excluding diaryl/α,β-unsaturated/α-hetero) is 1. The Bertz CT molecular complexity index is 1000. The predicted molar refractivity (Wildman–Crippen MR) is 117 cm³/mol. The zero-order valence-corrected chi connectivity index (χ0v) is 17.6. The van der Waals surface area contributed by atoms with Gasteiger partial charge in [-0.2, -0.15) is 0 Å². The molecule has 1 saturated carbocycles.